The second kappa shape index (κ2) is 10.6. The first-order valence-corrected chi connectivity index (χ1v) is 11.1. The van der Waals surface area contributed by atoms with Crippen molar-refractivity contribution in [3.8, 4) is 10.4 Å². The molecule has 1 aliphatic heterocycles. The maximum atomic E-state index is 12.3. The normalized spacial score (nSPS) is 14.7. The summed E-state index contributed by atoms with van der Waals surface area (Å²) in [5, 5.41) is 3.30. The van der Waals surface area contributed by atoms with Gasteiger partial charge in [-0.25, -0.2) is 4.79 Å². The average Bonchev–Trinajstić information content (AvgIpc) is 3.16. The molecule has 3 amide bonds. The number of rotatable bonds is 8. The van der Waals surface area contributed by atoms with Crippen molar-refractivity contribution < 1.29 is 9.59 Å². The van der Waals surface area contributed by atoms with Gasteiger partial charge in [-0.2, -0.15) is 0 Å². The quantitative estimate of drug-likeness (QED) is 0.623. The number of amides is 3. The molecule has 1 saturated heterocycles. The first-order chi connectivity index (χ1) is 14.0. The largest absolute Gasteiger partial charge is 0.352 e. The summed E-state index contributed by atoms with van der Waals surface area (Å²) in [5.74, 6) is 0.197. The van der Waals surface area contributed by atoms with Gasteiger partial charge in [0.1, 0.15) is 0 Å². The highest BCUT2D eigenvalue weighted by Crippen LogP contribution is 2.30. The van der Waals surface area contributed by atoms with Crippen molar-refractivity contribution in [2.45, 2.75) is 25.8 Å². The summed E-state index contributed by atoms with van der Waals surface area (Å²) in [5.41, 5.74) is 6.17. The van der Waals surface area contributed by atoms with Crippen LogP contribution in [0, 0.1) is 0 Å². The number of piperazine rings is 1. The molecule has 156 valence electrons. The zero-order valence-corrected chi connectivity index (χ0v) is 18.0. The lowest BCUT2D eigenvalue weighted by atomic mass is 10.2. The van der Waals surface area contributed by atoms with Crippen molar-refractivity contribution in [2.75, 3.05) is 32.7 Å². The van der Waals surface area contributed by atoms with Crippen molar-refractivity contribution in [3.05, 3.63) is 46.3 Å². The number of benzene rings is 1. The molecule has 1 aromatic carbocycles. The summed E-state index contributed by atoms with van der Waals surface area (Å²) >= 11 is 7.89. The number of hydrogen-bond donors (Lipinski definition) is 2. The SMILES string of the molecule is NC(=O)NCCCCC(=O)N1CCN(Cc2ccc(-c3cccc(Cl)c3)s2)CC1. The standard InChI is InChI=1S/C21H27ClN4O2S/c22-17-5-3-4-16(14-17)19-8-7-18(29-19)15-25-10-12-26(13-11-25)20(27)6-1-2-9-24-21(23)28/h3-5,7-8,14H,1-2,6,9-13,15H2,(H3,23,24,28). The van der Waals surface area contributed by atoms with Crippen molar-refractivity contribution in [1.29, 1.82) is 0 Å². The van der Waals surface area contributed by atoms with Crippen molar-refractivity contribution in [2.24, 2.45) is 5.73 Å². The number of hydrogen-bond acceptors (Lipinski definition) is 4. The summed E-state index contributed by atoms with van der Waals surface area (Å²) in [6.07, 6.45) is 2.05. The van der Waals surface area contributed by atoms with Gasteiger partial charge in [0.05, 0.1) is 0 Å². The van der Waals surface area contributed by atoms with E-state index in [0.717, 1.165) is 56.2 Å². The summed E-state index contributed by atoms with van der Waals surface area (Å²) in [6, 6.07) is 11.7. The monoisotopic (exact) mass is 434 g/mol. The second-order valence-corrected chi connectivity index (χ2v) is 8.79. The highest BCUT2D eigenvalue weighted by Gasteiger charge is 2.21. The van der Waals surface area contributed by atoms with E-state index < -0.39 is 6.03 Å². The topological polar surface area (TPSA) is 78.7 Å². The van der Waals surface area contributed by atoms with Gasteiger partial charge in [-0.05, 0) is 42.7 Å². The molecule has 6 nitrogen and oxygen atoms in total. The van der Waals surface area contributed by atoms with Gasteiger partial charge in [0.2, 0.25) is 5.91 Å². The fourth-order valence-corrected chi connectivity index (χ4v) is 4.64. The number of primary amides is 1. The van der Waals surface area contributed by atoms with Gasteiger partial charge in [0.15, 0.2) is 0 Å². The Hall–Kier alpha value is -2.09. The molecule has 0 saturated carbocycles. The van der Waals surface area contributed by atoms with Crippen LogP contribution in [-0.2, 0) is 11.3 Å². The van der Waals surface area contributed by atoms with Gasteiger partial charge in [0.25, 0.3) is 0 Å². The number of thiophene rings is 1. The van der Waals surface area contributed by atoms with Gasteiger partial charge < -0.3 is 16.0 Å². The molecule has 2 heterocycles. The Morgan fingerprint density at radius 1 is 1.10 bits per heavy atom. The van der Waals surface area contributed by atoms with Crippen LogP contribution in [0.5, 0.6) is 0 Å². The van der Waals surface area contributed by atoms with Gasteiger partial charge in [-0.1, -0.05) is 23.7 Å². The van der Waals surface area contributed by atoms with Crippen LogP contribution >= 0.6 is 22.9 Å². The first-order valence-electron chi connectivity index (χ1n) is 9.89. The van der Waals surface area contributed by atoms with E-state index in [2.05, 4.69) is 28.4 Å². The van der Waals surface area contributed by atoms with Crippen LogP contribution in [0.4, 0.5) is 4.79 Å². The van der Waals surface area contributed by atoms with Crippen LogP contribution in [0.1, 0.15) is 24.1 Å². The fraction of sp³-hybridized carbons (Fsp3) is 0.429. The average molecular weight is 435 g/mol. The molecule has 0 spiro atoms. The van der Waals surface area contributed by atoms with Crippen LogP contribution < -0.4 is 11.1 Å². The van der Waals surface area contributed by atoms with Gasteiger partial charge >= 0.3 is 6.03 Å². The Kier molecular flexibility index (Phi) is 7.91. The maximum Gasteiger partial charge on any atom is 0.312 e. The number of nitrogens with one attached hydrogen (secondary N) is 1. The molecule has 3 N–H and O–H groups in total. The Labute approximate surface area is 180 Å². The number of halogens is 1. The number of nitrogens with zero attached hydrogens (tertiary/aromatic N) is 2. The molecular weight excluding hydrogens is 408 g/mol. The summed E-state index contributed by atoms with van der Waals surface area (Å²) in [6.45, 7) is 4.74. The number of carbonyl (C=O) groups excluding carboxylic acids is 2. The minimum absolute atomic E-state index is 0.197. The molecule has 0 aliphatic carbocycles. The Bertz CT molecular complexity index is 834. The molecule has 1 fully saturated rings. The number of nitrogens with two attached hydrogens (primary N) is 1. The minimum Gasteiger partial charge on any atom is -0.352 e. The van der Waals surface area contributed by atoms with E-state index in [9.17, 15) is 9.59 Å². The summed E-state index contributed by atoms with van der Waals surface area (Å²) < 4.78 is 0. The van der Waals surface area contributed by atoms with Crippen LogP contribution in [0.3, 0.4) is 0 Å². The lowest BCUT2D eigenvalue weighted by molar-refractivity contribution is -0.133. The maximum absolute atomic E-state index is 12.3. The summed E-state index contributed by atoms with van der Waals surface area (Å²) in [7, 11) is 0. The third kappa shape index (κ3) is 6.73. The van der Waals surface area contributed by atoms with Gasteiger partial charge in [-0.3, -0.25) is 9.69 Å². The van der Waals surface area contributed by atoms with Crippen LogP contribution in [0.25, 0.3) is 10.4 Å². The lowest BCUT2D eigenvalue weighted by Crippen LogP contribution is -2.48. The minimum atomic E-state index is -0.516. The molecule has 0 radical (unpaired) electrons. The Morgan fingerprint density at radius 2 is 1.90 bits per heavy atom. The zero-order chi connectivity index (χ0) is 20.6. The van der Waals surface area contributed by atoms with Crippen LogP contribution in [0.15, 0.2) is 36.4 Å². The number of carbonyl (C=O) groups is 2. The Balaban J connectivity index is 1.40. The molecule has 1 aromatic heterocycles. The number of urea groups is 1. The molecule has 0 atom stereocenters. The molecule has 1 aliphatic rings. The molecule has 29 heavy (non-hydrogen) atoms. The van der Waals surface area contributed by atoms with Crippen molar-refractivity contribution >= 4 is 34.9 Å². The lowest BCUT2D eigenvalue weighted by Gasteiger charge is -2.34. The van der Waals surface area contributed by atoms with Gasteiger partial charge in [-0.15, -0.1) is 11.3 Å². The second-order valence-electron chi connectivity index (χ2n) is 7.18. The summed E-state index contributed by atoms with van der Waals surface area (Å²) in [4.78, 5) is 29.8. The zero-order valence-electron chi connectivity index (χ0n) is 16.4. The molecule has 0 bridgehead atoms. The molecule has 3 rings (SSSR count). The first kappa shape index (κ1) is 21.6. The predicted molar refractivity (Wildman–Crippen MR) is 118 cm³/mol. The van der Waals surface area contributed by atoms with E-state index in [4.69, 9.17) is 17.3 Å². The molecule has 2 aromatic rings. The predicted octanol–water partition coefficient (Wildman–Crippen LogP) is 3.55. The number of unbranched alkanes of at least 4 members (excludes halogenated alkanes) is 1. The van der Waals surface area contributed by atoms with E-state index in [1.807, 2.05) is 23.1 Å². The van der Waals surface area contributed by atoms with E-state index in [-0.39, 0.29) is 5.91 Å². The van der Waals surface area contributed by atoms with Crippen molar-refractivity contribution in [3.63, 3.8) is 0 Å². The fourth-order valence-electron chi connectivity index (χ4n) is 3.41. The third-order valence-electron chi connectivity index (χ3n) is 4.99. The highest BCUT2D eigenvalue weighted by atomic mass is 35.5. The molecular formula is C21H27ClN4O2S. The van der Waals surface area contributed by atoms with Crippen molar-refractivity contribution in [1.82, 2.24) is 15.1 Å². The van der Waals surface area contributed by atoms with Gasteiger partial charge in [0, 0.05) is 60.5 Å². The molecule has 0 unspecified atom stereocenters. The van der Waals surface area contributed by atoms with E-state index in [1.165, 1.54) is 9.75 Å². The van der Waals surface area contributed by atoms with Crippen LogP contribution in [0.2, 0.25) is 5.02 Å². The third-order valence-corrected chi connectivity index (χ3v) is 6.35. The highest BCUT2D eigenvalue weighted by molar-refractivity contribution is 7.15. The van der Waals surface area contributed by atoms with E-state index in [0.29, 0.717) is 13.0 Å². The Morgan fingerprint density at radius 3 is 2.62 bits per heavy atom. The smallest absolute Gasteiger partial charge is 0.312 e. The molecule has 8 heteroatoms. The van der Waals surface area contributed by atoms with E-state index in [1.54, 1.807) is 11.3 Å². The van der Waals surface area contributed by atoms with E-state index >= 15 is 0 Å². The van der Waals surface area contributed by atoms with Crippen LogP contribution in [-0.4, -0.2) is 54.5 Å².